The average molecular weight is 578 g/mol. The van der Waals surface area contributed by atoms with E-state index in [-0.39, 0.29) is 37.0 Å². The third-order valence-corrected chi connectivity index (χ3v) is 6.40. The summed E-state index contributed by atoms with van der Waals surface area (Å²) < 4.78 is 26.8. The van der Waals surface area contributed by atoms with Crippen LogP contribution >= 0.6 is 45.2 Å². The number of benzene rings is 2. The number of halogens is 2. The van der Waals surface area contributed by atoms with Crippen LogP contribution in [0.2, 0.25) is 0 Å². The molecule has 2 aliphatic rings. The highest BCUT2D eigenvalue weighted by molar-refractivity contribution is 14.1. The van der Waals surface area contributed by atoms with E-state index in [1.165, 1.54) is 0 Å². The second-order valence-corrected chi connectivity index (χ2v) is 8.11. The van der Waals surface area contributed by atoms with E-state index in [2.05, 4.69) is 45.2 Å². The molecule has 0 saturated carbocycles. The minimum atomic E-state index is -0.386. The van der Waals surface area contributed by atoms with Crippen molar-refractivity contribution in [1.82, 2.24) is 0 Å². The molecule has 4 nitrogen and oxygen atoms in total. The molecule has 2 fully saturated rings. The van der Waals surface area contributed by atoms with Crippen LogP contribution in [0, 0.1) is 0 Å². The van der Waals surface area contributed by atoms with Gasteiger partial charge in [-0.05, 0) is 0 Å². The zero-order chi connectivity index (χ0) is 17.9. The first-order valence-electron chi connectivity index (χ1n) is 8.64. The molecule has 0 aromatic heterocycles. The van der Waals surface area contributed by atoms with Crippen molar-refractivity contribution < 1.29 is 18.9 Å². The summed E-state index contributed by atoms with van der Waals surface area (Å²) in [7, 11) is 0. The fraction of sp³-hybridized carbons (Fsp3) is 0.400. The molecule has 0 unspecified atom stereocenters. The second kappa shape index (κ2) is 8.83. The molecule has 2 aromatic carbocycles. The predicted octanol–water partition coefficient (Wildman–Crippen LogP) is 4.82. The van der Waals surface area contributed by atoms with E-state index in [0.29, 0.717) is 0 Å². The van der Waals surface area contributed by atoms with Crippen molar-refractivity contribution >= 4 is 45.2 Å². The summed E-state index contributed by atoms with van der Waals surface area (Å²) in [6.07, 6.45) is -1.15. The molecule has 2 heterocycles. The van der Waals surface area contributed by atoms with Crippen molar-refractivity contribution in [2.45, 2.75) is 37.0 Å². The Morgan fingerprint density at radius 2 is 0.962 bits per heavy atom. The maximum atomic E-state index is 6.32. The summed E-state index contributed by atoms with van der Waals surface area (Å²) in [5.41, 5.74) is 2.05. The Hall–Kier alpha value is -0.260. The van der Waals surface area contributed by atoms with Gasteiger partial charge in [0.15, 0.2) is 12.6 Å². The molecule has 26 heavy (non-hydrogen) atoms. The van der Waals surface area contributed by atoms with Gasteiger partial charge in [0.05, 0.1) is 12.2 Å². The van der Waals surface area contributed by atoms with Crippen LogP contribution in [0.4, 0.5) is 0 Å². The van der Waals surface area contributed by atoms with Crippen molar-refractivity contribution in [2.24, 2.45) is 0 Å². The molecule has 0 radical (unpaired) electrons. The highest BCUT2D eigenvalue weighted by Gasteiger charge is 2.49. The van der Waals surface area contributed by atoms with E-state index in [0.717, 1.165) is 20.0 Å². The number of ether oxygens (including phenoxy) is 4. The van der Waals surface area contributed by atoms with E-state index in [9.17, 15) is 0 Å². The summed E-state index contributed by atoms with van der Waals surface area (Å²) in [6.45, 7) is 0. The number of fused-ring (bicyclic) bond motifs is 1. The fourth-order valence-corrected chi connectivity index (χ4v) is 4.78. The van der Waals surface area contributed by atoms with Gasteiger partial charge in [0.1, 0.15) is 12.2 Å². The zero-order valence-electron chi connectivity index (χ0n) is 14.0. The van der Waals surface area contributed by atoms with Gasteiger partial charge in [-0.25, -0.2) is 0 Å². The largest absolute Gasteiger partial charge is 0.341 e. The second-order valence-electron chi connectivity index (χ2n) is 6.34. The quantitative estimate of drug-likeness (QED) is 0.386. The van der Waals surface area contributed by atoms with Crippen LogP contribution in [-0.2, 0) is 18.9 Å². The molecule has 4 rings (SSSR count). The molecule has 2 saturated heterocycles. The van der Waals surface area contributed by atoms with Crippen molar-refractivity contribution in [2.75, 3.05) is 8.86 Å². The molecule has 6 heteroatoms. The molecule has 0 spiro atoms. The van der Waals surface area contributed by atoms with Crippen molar-refractivity contribution in [1.29, 1.82) is 0 Å². The number of hydrogen-bond donors (Lipinski definition) is 0. The van der Waals surface area contributed by atoms with E-state index >= 15 is 0 Å². The summed E-state index contributed by atoms with van der Waals surface area (Å²) in [5.74, 6) is 0. The normalized spacial score (nSPS) is 34.2. The highest BCUT2D eigenvalue weighted by atomic mass is 127. The van der Waals surface area contributed by atoms with Crippen LogP contribution < -0.4 is 0 Å². The standard InChI is InChI=1S/C20H20I2O4/c21-11-15-18-17(25-19(23-15)13-7-3-1-4-8-13)16(12-22)24-20(26-18)14-9-5-2-6-10-14/h1-10,15-20H,11-12H2/t15-,16+,17+,18-,19-,20-/m0/s1. The fourth-order valence-electron chi connectivity index (χ4n) is 3.36. The van der Waals surface area contributed by atoms with Crippen molar-refractivity contribution in [3.05, 3.63) is 71.8 Å². The SMILES string of the molecule is IC[C@@H]1O[C@H](c2ccccc2)O[C@H]2[C@H]1O[C@@H](c1ccccc1)O[C@@H]2CI. The molecule has 0 bridgehead atoms. The van der Waals surface area contributed by atoms with Crippen molar-refractivity contribution in [3.8, 4) is 0 Å². The third kappa shape index (κ3) is 3.95. The molecule has 0 aliphatic carbocycles. The van der Waals surface area contributed by atoms with Gasteiger partial charge < -0.3 is 18.9 Å². The molecule has 0 amide bonds. The van der Waals surface area contributed by atoms with Crippen LogP contribution in [-0.4, -0.2) is 33.3 Å². The van der Waals surface area contributed by atoms with E-state index in [1.54, 1.807) is 0 Å². The van der Waals surface area contributed by atoms with E-state index in [1.807, 2.05) is 60.7 Å². The molecule has 2 aromatic rings. The Labute approximate surface area is 180 Å². The average Bonchev–Trinajstić information content (AvgIpc) is 2.73. The summed E-state index contributed by atoms with van der Waals surface area (Å²) in [4.78, 5) is 0. The lowest BCUT2D eigenvalue weighted by Gasteiger charge is -2.48. The lowest BCUT2D eigenvalue weighted by molar-refractivity contribution is -0.375. The Morgan fingerprint density at radius 3 is 1.31 bits per heavy atom. The Kier molecular flexibility index (Phi) is 6.48. The molecular weight excluding hydrogens is 558 g/mol. The third-order valence-electron chi connectivity index (χ3n) is 4.66. The lowest BCUT2D eigenvalue weighted by atomic mass is 10.00. The molecule has 0 N–H and O–H groups in total. The number of rotatable bonds is 4. The zero-order valence-corrected chi connectivity index (χ0v) is 18.4. The first-order valence-corrected chi connectivity index (χ1v) is 11.7. The Morgan fingerprint density at radius 1 is 0.577 bits per heavy atom. The first-order chi connectivity index (χ1) is 12.8. The molecule has 6 atom stereocenters. The van der Waals surface area contributed by atoms with Gasteiger partial charge in [-0.2, -0.15) is 0 Å². The summed E-state index contributed by atoms with van der Waals surface area (Å²) in [5, 5.41) is 0. The first kappa shape index (κ1) is 19.1. The van der Waals surface area contributed by atoms with Gasteiger partial charge >= 0.3 is 0 Å². The van der Waals surface area contributed by atoms with Crippen LogP contribution in [0.25, 0.3) is 0 Å². The molecular formula is C20H20I2O4. The molecule has 138 valence electrons. The summed E-state index contributed by atoms with van der Waals surface area (Å²) in [6, 6.07) is 20.1. The maximum Gasteiger partial charge on any atom is 0.184 e. The van der Waals surface area contributed by atoms with Gasteiger partial charge in [-0.1, -0.05) is 106 Å². The van der Waals surface area contributed by atoms with Crippen LogP contribution in [0.15, 0.2) is 60.7 Å². The van der Waals surface area contributed by atoms with Gasteiger partial charge in [0.25, 0.3) is 0 Å². The molecule has 2 aliphatic heterocycles. The van der Waals surface area contributed by atoms with Crippen LogP contribution in [0.3, 0.4) is 0 Å². The van der Waals surface area contributed by atoms with E-state index in [4.69, 9.17) is 18.9 Å². The van der Waals surface area contributed by atoms with Crippen LogP contribution in [0.5, 0.6) is 0 Å². The van der Waals surface area contributed by atoms with E-state index < -0.39 is 0 Å². The smallest absolute Gasteiger partial charge is 0.184 e. The summed E-state index contributed by atoms with van der Waals surface area (Å²) >= 11 is 4.73. The number of alkyl halides is 2. The van der Waals surface area contributed by atoms with Crippen molar-refractivity contribution in [3.63, 3.8) is 0 Å². The lowest BCUT2D eigenvalue weighted by Crippen LogP contribution is -2.59. The Bertz CT molecular complexity index is 638. The van der Waals surface area contributed by atoms with Gasteiger partial charge in [-0.15, -0.1) is 0 Å². The predicted molar refractivity (Wildman–Crippen MR) is 116 cm³/mol. The maximum absolute atomic E-state index is 6.32. The van der Waals surface area contributed by atoms with Gasteiger partial charge in [-0.3, -0.25) is 0 Å². The minimum Gasteiger partial charge on any atom is -0.341 e. The topological polar surface area (TPSA) is 36.9 Å². The number of hydrogen-bond acceptors (Lipinski definition) is 4. The van der Waals surface area contributed by atoms with Gasteiger partial charge in [0, 0.05) is 20.0 Å². The van der Waals surface area contributed by atoms with Gasteiger partial charge in [0.2, 0.25) is 0 Å². The Balaban J connectivity index is 1.59. The monoisotopic (exact) mass is 578 g/mol. The highest BCUT2D eigenvalue weighted by Crippen LogP contribution is 2.41. The minimum absolute atomic E-state index is 0.0416. The van der Waals surface area contributed by atoms with Crippen LogP contribution in [0.1, 0.15) is 23.7 Å².